The van der Waals surface area contributed by atoms with Crippen LogP contribution in [0.2, 0.25) is 0 Å². The van der Waals surface area contributed by atoms with Crippen molar-refractivity contribution in [1.82, 2.24) is 9.78 Å². The molecule has 1 amide bonds. The van der Waals surface area contributed by atoms with Gasteiger partial charge in [0.1, 0.15) is 11.6 Å². The number of hydrogen-bond donors (Lipinski definition) is 2. The van der Waals surface area contributed by atoms with Crippen LogP contribution in [-0.2, 0) is 0 Å². The summed E-state index contributed by atoms with van der Waals surface area (Å²) in [6, 6.07) is 9.19. The number of nitrogens with zero attached hydrogens (tertiary/aromatic N) is 2. The van der Waals surface area contributed by atoms with Gasteiger partial charge in [0.2, 0.25) is 0 Å². The highest BCUT2D eigenvalue weighted by Gasteiger charge is 2.47. The second-order valence-corrected chi connectivity index (χ2v) is 7.37. The minimum Gasteiger partial charge on any atom is -0.467 e. The number of para-hydroxylation sites is 1. The Kier molecular flexibility index (Phi) is 5.03. The second-order valence-electron chi connectivity index (χ2n) is 6.52. The van der Waals surface area contributed by atoms with Crippen molar-refractivity contribution in [2.45, 2.75) is 29.6 Å². The molecule has 0 radical (unpaired) electrons. The largest absolute Gasteiger partial charge is 0.467 e. The fourth-order valence-corrected chi connectivity index (χ4v) is 3.85. The third-order valence-corrected chi connectivity index (χ3v) is 5.46. The summed E-state index contributed by atoms with van der Waals surface area (Å²) in [5.41, 5.74) is 0.475. The maximum absolute atomic E-state index is 13.7. The summed E-state index contributed by atoms with van der Waals surface area (Å²) in [7, 11) is 0. The van der Waals surface area contributed by atoms with Crippen molar-refractivity contribution in [2.24, 2.45) is 0 Å². The van der Waals surface area contributed by atoms with Crippen LogP contribution >= 0.6 is 11.8 Å². The van der Waals surface area contributed by atoms with Gasteiger partial charge in [-0.2, -0.15) is 18.3 Å². The van der Waals surface area contributed by atoms with E-state index in [4.69, 9.17) is 4.42 Å². The number of carbonyl (C=O) groups excluding carboxylic acids is 1. The van der Waals surface area contributed by atoms with Gasteiger partial charge in [0, 0.05) is 17.4 Å². The third-order valence-electron chi connectivity index (χ3n) is 4.66. The molecule has 0 bridgehead atoms. The summed E-state index contributed by atoms with van der Waals surface area (Å²) in [6.45, 7) is 0. The quantitative estimate of drug-likeness (QED) is 0.572. The van der Waals surface area contributed by atoms with Crippen molar-refractivity contribution in [3.63, 3.8) is 0 Å². The van der Waals surface area contributed by atoms with Gasteiger partial charge in [-0.3, -0.25) is 4.79 Å². The zero-order chi connectivity index (χ0) is 20.6. The number of rotatable bonds is 4. The van der Waals surface area contributed by atoms with Crippen molar-refractivity contribution < 1.29 is 22.4 Å². The lowest BCUT2D eigenvalue weighted by Gasteiger charge is -2.32. The first-order chi connectivity index (χ1) is 13.9. The molecule has 0 aliphatic carbocycles. The molecule has 1 aliphatic heterocycles. The van der Waals surface area contributed by atoms with Crippen molar-refractivity contribution in [3.8, 4) is 0 Å². The number of amides is 1. The van der Waals surface area contributed by atoms with E-state index in [1.165, 1.54) is 24.1 Å². The predicted octanol–water partition coefficient (Wildman–Crippen LogP) is 5.11. The lowest BCUT2D eigenvalue weighted by Crippen LogP contribution is -2.35. The molecule has 3 heterocycles. The number of hydrogen-bond acceptors (Lipinski definition) is 5. The minimum absolute atomic E-state index is 0.0993. The first-order valence-electron chi connectivity index (χ1n) is 8.77. The van der Waals surface area contributed by atoms with Crippen LogP contribution in [0.15, 0.2) is 58.0 Å². The van der Waals surface area contributed by atoms with Gasteiger partial charge in [-0.15, -0.1) is 11.8 Å². The number of fused-ring (bicyclic) bond motifs is 1. The molecule has 4 rings (SSSR count). The van der Waals surface area contributed by atoms with Crippen LogP contribution in [0.5, 0.6) is 0 Å². The smallest absolute Gasteiger partial charge is 0.410 e. The highest BCUT2D eigenvalue weighted by atomic mass is 32.2. The first-order valence-corrected chi connectivity index (χ1v) is 10.00. The van der Waals surface area contributed by atoms with Gasteiger partial charge in [0.15, 0.2) is 11.7 Å². The molecule has 29 heavy (non-hydrogen) atoms. The number of thioether (sulfide) groups is 1. The van der Waals surface area contributed by atoms with Gasteiger partial charge < -0.3 is 15.1 Å². The van der Waals surface area contributed by atoms with E-state index in [0.29, 0.717) is 11.4 Å². The second kappa shape index (κ2) is 7.51. The highest BCUT2D eigenvalue weighted by Crippen LogP contribution is 2.43. The Hall–Kier alpha value is -2.88. The summed E-state index contributed by atoms with van der Waals surface area (Å²) in [5.74, 6) is -0.0689. The number of anilines is 2. The molecule has 152 valence electrons. The Bertz CT molecular complexity index is 1020. The van der Waals surface area contributed by atoms with Gasteiger partial charge in [-0.25, -0.2) is 4.68 Å². The molecule has 6 nitrogen and oxygen atoms in total. The molecular weight excluding hydrogens is 405 g/mol. The van der Waals surface area contributed by atoms with Crippen molar-refractivity contribution in [2.75, 3.05) is 16.9 Å². The van der Waals surface area contributed by atoms with E-state index in [1.807, 2.05) is 18.4 Å². The third kappa shape index (κ3) is 3.84. The molecule has 0 spiro atoms. The normalized spacial score (nSPS) is 18.8. The van der Waals surface area contributed by atoms with Crippen LogP contribution in [0.3, 0.4) is 0 Å². The Morgan fingerprint density at radius 1 is 1.31 bits per heavy atom. The summed E-state index contributed by atoms with van der Waals surface area (Å²) >= 11 is 1.45. The van der Waals surface area contributed by atoms with E-state index >= 15 is 0 Å². The molecule has 2 aromatic heterocycles. The van der Waals surface area contributed by atoms with Crippen LogP contribution in [0.4, 0.5) is 24.7 Å². The molecule has 0 unspecified atom stereocenters. The van der Waals surface area contributed by atoms with Crippen LogP contribution in [-0.4, -0.2) is 28.1 Å². The number of aromatic nitrogens is 2. The summed E-state index contributed by atoms with van der Waals surface area (Å²) in [4.78, 5) is 13.5. The molecular formula is C19H17F3N4O2S. The van der Waals surface area contributed by atoms with E-state index in [9.17, 15) is 18.0 Å². The molecule has 1 aromatic carbocycles. The number of benzene rings is 1. The van der Waals surface area contributed by atoms with Crippen LogP contribution < -0.4 is 10.6 Å². The predicted molar refractivity (Wildman–Crippen MR) is 103 cm³/mol. The monoisotopic (exact) mass is 422 g/mol. The lowest BCUT2D eigenvalue weighted by molar-refractivity contribution is -0.174. The van der Waals surface area contributed by atoms with E-state index in [0.717, 1.165) is 9.58 Å². The average Bonchev–Trinajstić information content (AvgIpc) is 3.36. The van der Waals surface area contributed by atoms with Gasteiger partial charge in [0.25, 0.3) is 5.91 Å². The van der Waals surface area contributed by atoms with Crippen molar-refractivity contribution in [1.29, 1.82) is 0 Å². The van der Waals surface area contributed by atoms with Gasteiger partial charge >= 0.3 is 6.18 Å². The standard InChI is InChI=1S/C19H17F3N4O2S/c1-29-15-7-3-2-5-11(15)24-18(27)13-10-17-23-12(14-6-4-8-28-14)9-16(19(20,21)22)26(17)25-13/h2-8,10,12,16,23H,9H2,1H3,(H,24,27)/t12-,16+/m0/s1. The van der Waals surface area contributed by atoms with Crippen LogP contribution in [0, 0.1) is 0 Å². The fraction of sp³-hybridized carbons (Fsp3) is 0.263. The number of furan rings is 1. The van der Waals surface area contributed by atoms with Gasteiger partial charge in [0.05, 0.1) is 18.0 Å². The van der Waals surface area contributed by atoms with Crippen molar-refractivity contribution >= 4 is 29.2 Å². The molecule has 0 saturated heterocycles. The van der Waals surface area contributed by atoms with Gasteiger partial charge in [-0.05, 0) is 30.5 Å². The Balaban J connectivity index is 1.64. The van der Waals surface area contributed by atoms with Crippen LogP contribution in [0.25, 0.3) is 0 Å². The number of alkyl halides is 3. The minimum atomic E-state index is -4.52. The molecule has 3 aromatic rings. The highest BCUT2D eigenvalue weighted by molar-refractivity contribution is 7.98. The van der Waals surface area contributed by atoms with Crippen LogP contribution in [0.1, 0.15) is 34.8 Å². The zero-order valence-corrected chi connectivity index (χ0v) is 16.1. The summed E-state index contributed by atoms with van der Waals surface area (Å²) in [5, 5.41) is 9.65. The van der Waals surface area contributed by atoms with E-state index < -0.39 is 24.2 Å². The topological polar surface area (TPSA) is 72.1 Å². The molecule has 10 heteroatoms. The maximum atomic E-state index is 13.7. The Morgan fingerprint density at radius 3 is 2.79 bits per heavy atom. The molecule has 2 atom stereocenters. The number of nitrogens with one attached hydrogen (secondary N) is 2. The molecule has 1 aliphatic rings. The summed E-state index contributed by atoms with van der Waals surface area (Å²) in [6.07, 6.45) is -1.53. The molecule has 2 N–H and O–H groups in total. The summed E-state index contributed by atoms with van der Waals surface area (Å²) < 4.78 is 47.1. The molecule has 0 saturated carbocycles. The first kappa shape index (κ1) is 19.4. The van der Waals surface area contributed by atoms with Crippen molar-refractivity contribution in [3.05, 3.63) is 60.2 Å². The Labute approximate surface area is 168 Å². The maximum Gasteiger partial charge on any atom is 0.410 e. The zero-order valence-electron chi connectivity index (χ0n) is 15.2. The number of carbonyl (C=O) groups is 1. The Morgan fingerprint density at radius 2 is 2.10 bits per heavy atom. The lowest BCUT2D eigenvalue weighted by atomic mass is 10.0. The average molecular weight is 422 g/mol. The fourth-order valence-electron chi connectivity index (χ4n) is 3.29. The number of halogens is 3. The SMILES string of the molecule is CSc1ccccc1NC(=O)c1cc2n(n1)[C@@H](C(F)(F)F)C[C@@H](c1ccco1)N2. The van der Waals surface area contributed by atoms with Gasteiger partial charge in [-0.1, -0.05) is 12.1 Å². The van der Waals surface area contributed by atoms with E-state index in [-0.39, 0.29) is 17.9 Å². The molecule has 0 fully saturated rings. The van der Waals surface area contributed by atoms with E-state index in [1.54, 1.807) is 24.3 Å². The van der Waals surface area contributed by atoms with E-state index in [2.05, 4.69) is 15.7 Å².